The van der Waals surface area contributed by atoms with Gasteiger partial charge in [0.15, 0.2) is 27.9 Å². The number of amides is 1. The molecule has 1 amide bonds. The van der Waals surface area contributed by atoms with Crippen molar-refractivity contribution >= 4 is 21.7 Å². The van der Waals surface area contributed by atoms with E-state index in [1.807, 2.05) is 20.8 Å². The van der Waals surface area contributed by atoms with Gasteiger partial charge in [0.1, 0.15) is 0 Å². The Morgan fingerprint density at radius 1 is 1.24 bits per heavy atom. The van der Waals surface area contributed by atoms with Crippen LogP contribution >= 0.6 is 0 Å². The van der Waals surface area contributed by atoms with Gasteiger partial charge in [0.2, 0.25) is 0 Å². The minimum Gasteiger partial charge on any atom is -0.493 e. The van der Waals surface area contributed by atoms with Crippen LogP contribution in [0.4, 0.5) is 0 Å². The fraction of sp³-hybridized carbons (Fsp3) is 0.600. The average Bonchev–Trinajstić information content (AvgIpc) is 3.05. The summed E-state index contributed by atoms with van der Waals surface area (Å²) in [5, 5.41) is 0. The van der Waals surface area contributed by atoms with Gasteiger partial charge < -0.3 is 19.1 Å². The summed E-state index contributed by atoms with van der Waals surface area (Å²) < 4.78 is 39.5. The fourth-order valence-corrected chi connectivity index (χ4v) is 5.07. The first-order chi connectivity index (χ1) is 13.7. The second-order valence-electron chi connectivity index (χ2n) is 6.99. The molecule has 29 heavy (non-hydrogen) atoms. The van der Waals surface area contributed by atoms with Crippen molar-refractivity contribution in [2.45, 2.75) is 45.7 Å². The van der Waals surface area contributed by atoms with Gasteiger partial charge >= 0.3 is 5.97 Å². The fourth-order valence-electron chi connectivity index (χ4n) is 3.36. The Kier molecular flexibility index (Phi) is 7.89. The minimum absolute atomic E-state index is 0.0484. The Hall–Kier alpha value is -2.29. The quantitative estimate of drug-likeness (QED) is 0.556. The summed E-state index contributed by atoms with van der Waals surface area (Å²) in [6, 6.07) is 4.10. The highest BCUT2D eigenvalue weighted by molar-refractivity contribution is 7.91. The van der Waals surface area contributed by atoms with Gasteiger partial charge in [-0.1, -0.05) is 6.92 Å². The average molecular weight is 428 g/mol. The summed E-state index contributed by atoms with van der Waals surface area (Å²) in [5.41, 5.74) is 0.237. The van der Waals surface area contributed by atoms with Crippen LogP contribution in [0.3, 0.4) is 0 Å². The second-order valence-corrected chi connectivity index (χ2v) is 9.22. The SMILES string of the molecule is CCOc1cc(C(=O)OCC(=O)N([C@H]2CCS(=O)(=O)C2)[C@H](C)CC)ccc1OC. The smallest absolute Gasteiger partial charge is 0.338 e. The van der Waals surface area contributed by atoms with Gasteiger partial charge in [0, 0.05) is 12.1 Å². The molecule has 1 saturated heterocycles. The summed E-state index contributed by atoms with van der Waals surface area (Å²) in [7, 11) is -1.63. The Labute approximate surface area is 172 Å². The number of methoxy groups -OCH3 is 1. The third-order valence-electron chi connectivity index (χ3n) is 4.98. The van der Waals surface area contributed by atoms with E-state index in [1.165, 1.54) is 19.2 Å². The van der Waals surface area contributed by atoms with E-state index in [9.17, 15) is 18.0 Å². The molecule has 0 saturated carbocycles. The van der Waals surface area contributed by atoms with Crippen LogP contribution in [-0.2, 0) is 19.4 Å². The van der Waals surface area contributed by atoms with E-state index in [4.69, 9.17) is 14.2 Å². The molecule has 2 rings (SSSR count). The van der Waals surface area contributed by atoms with Crippen molar-refractivity contribution < 1.29 is 32.2 Å². The zero-order valence-electron chi connectivity index (χ0n) is 17.3. The lowest BCUT2D eigenvalue weighted by atomic mass is 10.1. The van der Waals surface area contributed by atoms with Crippen molar-refractivity contribution in [1.29, 1.82) is 0 Å². The molecule has 2 atom stereocenters. The summed E-state index contributed by atoms with van der Waals surface area (Å²) in [5.74, 6) is -0.131. The minimum atomic E-state index is -3.13. The van der Waals surface area contributed by atoms with E-state index in [1.54, 1.807) is 11.0 Å². The maximum Gasteiger partial charge on any atom is 0.338 e. The van der Waals surface area contributed by atoms with Gasteiger partial charge in [-0.3, -0.25) is 4.79 Å². The van der Waals surface area contributed by atoms with Crippen molar-refractivity contribution in [1.82, 2.24) is 4.90 Å². The molecule has 162 valence electrons. The molecule has 0 radical (unpaired) electrons. The zero-order valence-corrected chi connectivity index (χ0v) is 18.2. The zero-order chi connectivity index (χ0) is 21.6. The highest BCUT2D eigenvalue weighted by atomic mass is 32.2. The number of rotatable bonds is 9. The molecule has 0 aromatic heterocycles. The number of esters is 1. The lowest BCUT2D eigenvalue weighted by Gasteiger charge is -2.33. The van der Waals surface area contributed by atoms with Crippen LogP contribution in [0, 0.1) is 0 Å². The van der Waals surface area contributed by atoms with Gasteiger partial charge in [-0.25, -0.2) is 13.2 Å². The van der Waals surface area contributed by atoms with E-state index < -0.39 is 28.3 Å². The Bertz CT molecular complexity index is 837. The van der Waals surface area contributed by atoms with Gasteiger partial charge in [-0.05, 0) is 44.9 Å². The maximum atomic E-state index is 12.8. The number of nitrogens with zero attached hydrogens (tertiary/aromatic N) is 1. The largest absolute Gasteiger partial charge is 0.493 e. The molecule has 8 nitrogen and oxygen atoms in total. The molecule has 1 heterocycles. The van der Waals surface area contributed by atoms with Crippen LogP contribution in [0.2, 0.25) is 0 Å². The number of benzene rings is 1. The number of hydrogen-bond acceptors (Lipinski definition) is 7. The Morgan fingerprint density at radius 3 is 2.52 bits per heavy atom. The predicted octanol–water partition coefficient (Wildman–Crippen LogP) is 2.06. The number of carbonyl (C=O) groups is 2. The molecular weight excluding hydrogens is 398 g/mol. The van der Waals surface area contributed by atoms with E-state index in [-0.39, 0.29) is 29.2 Å². The lowest BCUT2D eigenvalue weighted by Crippen LogP contribution is -2.48. The van der Waals surface area contributed by atoms with Crippen LogP contribution in [0.15, 0.2) is 18.2 Å². The summed E-state index contributed by atoms with van der Waals surface area (Å²) in [6.07, 6.45) is 1.08. The summed E-state index contributed by atoms with van der Waals surface area (Å²) in [4.78, 5) is 26.7. The molecule has 1 aliphatic heterocycles. The standard InChI is InChI=1S/C20H29NO7S/c1-5-14(3)21(16-9-10-29(24,25)13-16)19(22)12-28-20(23)15-7-8-17(26-4)18(11-15)27-6-2/h7-8,11,14,16H,5-6,9-10,12-13H2,1-4H3/t14-,16+/m1/s1. The third kappa shape index (κ3) is 5.85. The van der Waals surface area contributed by atoms with Gasteiger partial charge in [-0.2, -0.15) is 0 Å². The van der Waals surface area contributed by atoms with Crippen LogP contribution in [0.25, 0.3) is 0 Å². The monoisotopic (exact) mass is 427 g/mol. The first-order valence-corrected chi connectivity index (χ1v) is 11.5. The first kappa shape index (κ1) is 23.0. The summed E-state index contributed by atoms with van der Waals surface area (Å²) in [6.45, 7) is 5.56. The number of ether oxygens (including phenoxy) is 3. The molecule has 1 aliphatic rings. The first-order valence-electron chi connectivity index (χ1n) is 9.71. The topological polar surface area (TPSA) is 99.2 Å². The summed E-state index contributed by atoms with van der Waals surface area (Å²) >= 11 is 0. The molecule has 9 heteroatoms. The number of hydrogen-bond donors (Lipinski definition) is 0. The van der Waals surface area contributed by atoms with Crippen molar-refractivity contribution in [3.05, 3.63) is 23.8 Å². The van der Waals surface area contributed by atoms with Crippen molar-refractivity contribution in [3.63, 3.8) is 0 Å². The van der Waals surface area contributed by atoms with Crippen LogP contribution in [0.1, 0.15) is 44.0 Å². The van der Waals surface area contributed by atoms with Gasteiger partial charge in [-0.15, -0.1) is 0 Å². The van der Waals surface area contributed by atoms with Gasteiger partial charge in [0.05, 0.1) is 30.8 Å². The molecule has 0 N–H and O–H groups in total. The Morgan fingerprint density at radius 2 is 1.97 bits per heavy atom. The van der Waals surface area contributed by atoms with Crippen LogP contribution < -0.4 is 9.47 Å². The molecule has 0 bridgehead atoms. The van der Waals surface area contributed by atoms with Crippen LogP contribution in [-0.4, -0.2) is 69.1 Å². The number of sulfone groups is 1. The molecule has 1 fully saturated rings. The third-order valence-corrected chi connectivity index (χ3v) is 6.73. The molecular formula is C20H29NO7S. The lowest BCUT2D eigenvalue weighted by molar-refractivity contribution is -0.138. The molecule has 0 aliphatic carbocycles. The number of carbonyl (C=O) groups excluding carboxylic acids is 2. The van der Waals surface area contributed by atoms with Crippen molar-refractivity contribution in [2.24, 2.45) is 0 Å². The molecule has 0 spiro atoms. The predicted molar refractivity (Wildman–Crippen MR) is 108 cm³/mol. The maximum absolute atomic E-state index is 12.8. The van der Waals surface area contributed by atoms with Crippen molar-refractivity contribution in [2.75, 3.05) is 31.8 Å². The van der Waals surface area contributed by atoms with Crippen LogP contribution in [0.5, 0.6) is 11.5 Å². The van der Waals surface area contributed by atoms with Crippen molar-refractivity contribution in [3.8, 4) is 11.5 Å². The van der Waals surface area contributed by atoms with Gasteiger partial charge in [0.25, 0.3) is 5.91 Å². The van der Waals surface area contributed by atoms with E-state index in [0.717, 1.165) is 0 Å². The van der Waals surface area contributed by atoms with E-state index in [0.29, 0.717) is 30.9 Å². The molecule has 0 unspecified atom stereocenters. The second kappa shape index (κ2) is 9.96. The molecule has 1 aromatic carbocycles. The molecule has 1 aromatic rings. The highest BCUT2D eigenvalue weighted by Crippen LogP contribution is 2.28. The van der Waals surface area contributed by atoms with E-state index in [2.05, 4.69) is 0 Å². The normalized spacial score (nSPS) is 18.7. The van der Waals surface area contributed by atoms with E-state index >= 15 is 0 Å². The Balaban J connectivity index is 2.07. The highest BCUT2D eigenvalue weighted by Gasteiger charge is 2.36.